The van der Waals surface area contributed by atoms with Crippen LogP contribution in [0.15, 0.2) is 24.3 Å². The van der Waals surface area contributed by atoms with E-state index in [-0.39, 0.29) is 32.8 Å². The van der Waals surface area contributed by atoms with Crippen LogP contribution in [0.25, 0.3) is 0 Å². The van der Waals surface area contributed by atoms with Crippen molar-refractivity contribution in [2.24, 2.45) is 0 Å². The van der Waals surface area contributed by atoms with Crippen LogP contribution in [0.4, 0.5) is 0 Å². The molecule has 0 fully saturated rings. The van der Waals surface area contributed by atoms with Gasteiger partial charge in [0.1, 0.15) is 10.6 Å². The maximum absolute atomic E-state index is 2.94. The minimum atomic E-state index is -0.261. The first-order valence-corrected chi connectivity index (χ1v) is 14.4. The van der Waals surface area contributed by atoms with Crippen molar-refractivity contribution in [3.63, 3.8) is 0 Å². The van der Waals surface area contributed by atoms with Gasteiger partial charge in [-0.1, -0.05) is 12.1 Å². The number of benzene rings is 1. The monoisotopic (exact) mass is 432 g/mol. The zero-order valence-electron chi connectivity index (χ0n) is 9.57. The summed E-state index contributed by atoms with van der Waals surface area (Å²) in [6, 6.07) is 8.95. The topological polar surface area (TPSA) is 0 Å². The number of hydrogen-bond acceptors (Lipinski definition) is 0. The molecule has 0 aromatic heterocycles. The molecule has 0 spiro atoms. The minimum absolute atomic E-state index is 0. The Hall–Kier alpha value is 1.58. The molecule has 0 N–H and O–H groups in total. The van der Waals surface area contributed by atoms with Gasteiger partial charge in [0.15, 0.2) is 0 Å². The molecule has 1 aromatic carbocycles. The van der Waals surface area contributed by atoms with Crippen molar-refractivity contribution < 1.29 is 17.0 Å². The fraction of sp³-hybridized carbons (Fsp3) is 0.400. The second-order valence-corrected chi connectivity index (χ2v) is 8.62. The van der Waals surface area contributed by atoms with Gasteiger partial charge < -0.3 is 17.0 Å². The average Bonchev–Trinajstić information content (AvgIpc) is 2.20. The summed E-state index contributed by atoms with van der Waals surface area (Å²) in [5.74, 6) is 0. The molecule has 0 unspecified atom stereocenters. The number of halogens is 2. The Kier molecular flexibility index (Phi) is 13.5. The van der Waals surface area contributed by atoms with Gasteiger partial charge in [-0.15, -0.1) is 0 Å². The summed E-state index contributed by atoms with van der Waals surface area (Å²) in [7, 11) is -0.522. The van der Waals surface area contributed by atoms with Crippen LogP contribution in [0.5, 0.6) is 0 Å². The van der Waals surface area contributed by atoms with Gasteiger partial charge in [0.2, 0.25) is 0 Å². The van der Waals surface area contributed by atoms with Crippen molar-refractivity contribution in [1.82, 2.24) is 0 Å². The van der Waals surface area contributed by atoms with E-state index in [2.05, 4.69) is 64.9 Å². The van der Waals surface area contributed by atoms with E-state index >= 15 is 0 Å². The predicted molar refractivity (Wildman–Crippen MR) is 80.7 cm³/mol. The molecule has 0 heterocycles. The number of rotatable bonds is 2. The second kappa shape index (κ2) is 10.7. The van der Waals surface area contributed by atoms with Crippen LogP contribution in [0.3, 0.4) is 0 Å². The Morgan fingerprint density at radius 2 is 1.13 bits per heavy atom. The van der Waals surface area contributed by atoms with Gasteiger partial charge in [-0.3, -0.25) is 0 Å². The molecule has 0 aliphatic rings. The Balaban J connectivity index is 0. The number of hydrogen-bond donors (Lipinski definition) is 0. The Bertz CT molecular complexity index is 240. The first kappa shape index (κ1) is 18.9. The molecule has 0 amide bonds. The van der Waals surface area contributed by atoms with E-state index in [4.69, 9.17) is 0 Å². The summed E-state index contributed by atoms with van der Waals surface area (Å²) in [5.41, 5.74) is 0. The zero-order valence-corrected chi connectivity index (χ0v) is 16.8. The summed E-state index contributed by atoms with van der Waals surface area (Å²) in [6.45, 7) is 9.48. The molecule has 0 nitrogen and oxygen atoms in total. The summed E-state index contributed by atoms with van der Waals surface area (Å²) in [4.78, 5) is 0. The quantitative estimate of drug-likeness (QED) is 0.431. The summed E-state index contributed by atoms with van der Waals surface area (Å²) in [6.07, 6.45) is 0. The molecule has 3 radical (unpaired) electrons. The van der Waals surface area contributed by atoms with Crippen LogP contribution in [0, 0.1) is 0 Å². The summed E-state index contributed by atoms with van der Waals surface area (Å²) < 4.78 is 0. The van der Waals surface area contributed by atoms with Gasteiger partial charge in [-0.25, -0.2) is 0 Å². The van der Waals surface area contributed by atoms with Crippen molar-refractivity contribution >= 4 is 55.1 Å². The van der Waals surface area contributed by atoms with Crippen LogP contribution in [0.2, 0.25) is 0 Å². The first-order valence-electron chi connectivity index (χ1n) is 4.52. The van der Waals surface area contributed by atoms with E-state index in [1.54, 1.807) is 10.6 Å². The van der Waals surface area contributed by atoms with E-state index in [9.17, 15) is 0 Å². The molecule has 5 heteroatoms. The third kappa shape index (κ3) is 6.79. The zero-order chi connectivity index (χ0) is 11.1. The molecule has 0 atom stereocenters. The van der Waals surface area contributed by atoms with Gasteiger partial charge >= 0.3 is 28.7 Å². The van der Waals surface area contributed by atoms with Crippen LogP contribution in [-0.4, -0.2) is 41.3 Å². The molecule has 15 heavy (non-hydrogen) atoms. The molecule has 0 saturated heterocycles. The van der Waals surface area contributed by atoms with Crippen molar-refractivity contribution in [2.45, 2.75) is 0 Å². The molecular weight excluding hydrogens is 414 g/mol. The summed E-state index contributed by atoms with van der Waals surface area (Å²) >= 11 is 4.75. The van der Waals surface area contributed by atoms with Gasteiger partial charge in [-0.2, -0.15) is 0 Å². The van der Waals surface area contributed by atoms with Gasteiger partial charge in [0, 0.05) is 15.8 Å². The fourth-order valence-electron chi connectivity index (χ4n) is 1.36. The van der Waals surface area contributed by atoms with Crippen molar-refractivity contribution in [1.29, 1.82) is 0 Å². The molecule has 0 aliphatic heterocycles. The van der Waals surface area contributed by atoms with E-state index in [0.29, 0.717) is 0 Å². The Morgan fingerprint density at radius 3 is 1.33 bits per heavy atom. The normalized spacial score (nSPS) is 9.33. The van der Waals surface area contributed by atoms with E-state index < -0.39 is 0 Å². The molecule has 1 rings (SSSR count). The molecule has 0 bridgehead atoms. The molecular formula is C10H18Br2GeP2+. The van der Waals surface area contributed by atoms with Crippen molar-refractivity contribution in [2.75, 3.05) is 26.7 Å². The average molecular weight is 433 g/mol. The maximum atomic E-state index is 2.94. The van der Waals surface area contributed by atoms with Crippen molar-refractivity contribution in [3.8, 4) is 0 Å². The Labute approximate surface area is 122 Å². The fourth-order valence-corrected chi connectivity index (χ4v) is 4.96. The van der Waals surface area contributed by atoms with Crippen LogP contribution >= 0.6 is 29.8 Å². The van der Waals surface area contributed by atoms with Gasteiger partial charge in [0.25, 0.3) is 0 Å². The summed E-state index contributed by atoms with van der Waals surface area (Å²) in [5, 5.41) is 3.28. The molecule has 0 saturated carbocycles. The van der Waals surface area contributed by atoms with E-state index in [0.717, 1.165) is 0 Å². The van der Waals surface area contributed by atoms with Gasteiger partial charge in [0.05, 0.1) is 26.7 Å². The third-order valence-corrected chi connectivity index (χ3v) is 5.28. The SMILES string of the molecule is C[PH+](C)c1ccccc1[PH+](C)C.[Br-].[Ge][Br]. The van der Waals surface area contributed by atoms with Crippen LogP contribution in [0.1, 0.15) is 0 Å². The second-order valence-electron chi connectivity index (χ2n) is 3.55. The molecule has 1 aromatic rings. The van der Waals surface area contributed by atoms with E-state index in [1.165, 1.54) is 0 Å². The van der Waals surface area contributed by atoms with Crippen LogP contribution in [-0.2, 0) is 0 Å². The molecule has 85 valence electrons. The van der Waals surface area contributed by atoms with Crippen LogP contribution < -0.4 is 27.6 Å². The third-order valence-electron chi connectivity index (χ3n) is 2.00. The standard InChI is InChI=1S/C10H16P2.BrGe.BrH/c1-11(2)9-7-5-6-8-10(9)12(3)4;1-2;/h5-8H,1-4H3;;1H/p+1. The predicted octanol–water partition coefficient (Wildman–Crippen LogP) is -0.646. The molecule has 0 aliphatic carbocycles. The van der Waals surface area contributed by atoms with E-state index in [1.807, 2.05) is 14.7 Å². The Morgan fingerprint density at radius 1 is 0.867 bits per heavy atom. The first-order chi connectivity index (χ1) is 6.63. The van der Waals surface area contributed by atoms with Crippen molar-refractivity contribution in [3.05, 3.63) is 24.3 Å². The van der Waals surface area contributed by atoms with Gasteiger partial charge in [-0.05, 0) is 12.1 Å².